The van der Waals surface area contributed by atoms with Crippen molar-refractivity contribution in [3.8, 4) is 0 Å². The molecule has 1 aliphatic rings. The van der Waals surface area contributed by atoms with E-state index >= 15 is 0 Å². The second-order valence-electron chi connectivity index (χ2n) is 7.68. The van der Waals surface area contributed by atoms with E-state index in [0.717, 1.165) is 32.1 Å². The van der Waals surface area contributed by atoms with Crippen molar-refractivity contribution < 1.29 is 9.59 Å². The molecule has 0 aromatic carbocycles. The van der Waals surface area contributed by atoms with Gasteiger partial charge in [0.1, 0.15) is 0 Å². The Kier molecular flexibility index (Phi) is 13.4. The molecule has 2 N–H and O–H groups in total. The van der Waals surface area contributed by atoms with Gasteiger partial charge in [0.2, 0.25) is 11.8 Å². The summed E-state index contributed by atoms with van der Waals surface area (Å²) < 4.78 is 0. The van der Waals surface area contributed by atoms with Gasteiger partial charge in [-0.1, -0.05) is 77.4 Å². The van der Waals surface area contributed by atoms with Crippen LogP contribution in [0.15, 0.2) is 24.3 Å². The van der Waals surface area contributed by atoms with Gasteiger partial charge in [-0.3, -0.25) is 9.59 Å². The zero-order chi connectivity index (χ0) is 19.7. The fourth-order valence-electron chi connectivity index (χ4n) is 3.09. The van der Waals surface area contributed by atoms with Crippen molar-refractivity contribution >= 4 is 11.8 Å². The predicted molar refractivity (Wildman–Crippen MR) is 114 cm³/mol. The quantitative estimate of drug-likeness (QED) is 0.287. The van der Waals surface area contributed by atoms with Crippen molar-refractivity contribution in [1.82, 2.24) is 10.6 Å². The number of nitrogens with one attached hydrogen (secondary N) is 2. The Bertz CT molecular complexity index is 471. The van der Waals surface area contributed by atoms with Gasteiger partial charge in [-0.25, -0.2) is 0 Å². The van der Waals surface area contributed by atoms with E-state index in [1.54, 1.807) is 12.2 Å². The van der Waals surface area contributed by atoms with Crippen molar-refractivity contribution in [2.45, 2.75) is 109 Å². The topological polar surface area (TPSA) is 58.2 Å². The van der Waals surface area contributed by atoms with E-state index in [0.29, 0.717) is 0 Å². The van der Waals surface area contributed by atoms with Crippen LogP contribution in [0.25, 0.3) is 0 Å². The Morgan fingerprint density at radius 1 is 0.704 bits per heavy atom. The zero-order valence-electron chi connectivity index (χ0n) is 17.5. The highest BCUT2D eigenvalue weighted by Crippen LogP contribution is 2.21. The van der Waals surface area contributed by atoms with Crippen molar-refractivity contribution in [3.05, 3.63) is 24.3 Å². The van der Waals surface area contributed by atoms with Gasteiger partial charge in [0.25, 0.3) is 0 Å². The van der Waals surface area contributed by atoms with Gasteiger partial charge in [-0.2, -0.15) is 0 Å². The van der Waals surface area contributed by atoms with Gasteiger partial charge < -0.3 is 10.6 Å². The van der Waals surface area contributed by atoms with Crippen molar-refractivity contribution in [2.24, 2.45) is 0 Å². The Balaban J connectivity index is 2.02. The molecule has 4 heteroatoms. The van der Waals surface area contributed by atoms with Gasteiger partial charge in [-0.15, -0.1) is 0 Å². The highest BCUT2D eigenvalue weighted by atomic mass is 16.2. The van der Waals surface area contributed by atoms with E-state index in [9.17, 15) is 9.59 Å². The minimum Gasteiger partial charge on any atom is -0.348 e. The first-order chi connectivity index (χ1) is 13.2. The molecule has 0 aromatic heterocycles. The van der Waals surface area contributed by atoms with Gasteiger partial charge in [-0.05, 0) is 44.3 Å². The first-order valence-corrected chi connectivity index (χ1v) is 11.1. The molecule has 0 radical (unpaired) electrons. The van der Waals surface area contributed by atoms with Crippen molar-refractivity contribution in [1.29, 1.82) is 0 Å². The lowest BCUT2D eigenvalue weighted by molar-refractivity contribution is -0.118. The summed E-state index contributed by atoms with van der Waals surface area (Å²) in [7, 11) is 0. The second kappa shape index (κ2) is 15.5. The molecule has 0 spiro atoms. The molecule has 2 atom stereocenters. The third kappa shape index (κ3) is 13.3. The number of unbranched alkanes of at least 4 members (excludes halogenated alkanes) is 10. The average Bonchev–Trinajstić information content (AvgIpc) is 3.37. The Hall–Kier alpha value is -1.58. The number of rotatable bonds is 16. The number of hydrogen-bond acceptors (Lipinski definition) is 2. The van der Waals surface area contributed by atoms with Gasteiger partial charge >= 0.3 is 0 Å². The monoisotopic (exact) mass is 376 g/mol. The van der Waals surface area contributed by atoms with E-state index in [1.165, 1.54) is 51.4 Å². The largest absolute Gasteiger partial charge is 0.348 e. The van der Waals surface area contributed by atoms with Crippen LogP contribution in [0.2, 0.25) is 0 Å². The van der Waals surface area contributed by atoms with Crippen LogP contribution in [0, 0.1) is 0 Å². The summed E-state index contributed by atoms with van der Waals surface area (Å²) in [4.78, 5) is 23.7. The maximum absolute atomic E-state index is 11.9. The number of carbonyl (C=O) groups is 2. The number of hydrogen-bond donors (Lipinski definition) is 2. The van der Waals surface area contributed by atoms with E-state index in [2.05, 4.69) is 24.5 Å². The minimum atomic E-state index is -0.0501. The fraction of sp³-hybridized carbons (Fsp3) is 0.739. The van der Waals surface area contributed by atoms with E-state index < -0.39 is 0 Å². The molecule has 0 bridgehead atoms. The molecular weight excluding hydrogens is 336 g/mol. The third-order valence-electron chi connectivity index (χ3n) is 4.93. The summed E-state index contributed by atoms with van der Waals surface area (Å²) in [5.41, 5.74) is 0. The highest BCUT2D eigenvalue weighted by Gasteiger charge is 2.38. The zero-order valence-corrected chi connectivity index (χ0v) is 17.5. The lowest BCUT2D eigenvalue weighted by atomic mass is 10.1. The summed E-state index contributed by atoms with van der Waals surface area (Å²) in [6.07, 6.45) is 22.4. The SMILES string of the molecule is CCCCCCC=CC(=O)NC1CC1NC(=O)C=CCCCCCCCC. The fourth-order valence-corrected chi connectivity index (χ4v) is 3.09. The lowest BCUT2D eigenvalue weighted by Gasteiger charge is -2.02. The molecule has 0 aromatic rings. The van der Waals surface area contributed by atoms with Crippen LogP contribution >= 0.6 is 0 Å². The minimum absolute atomic E-state index is 0.0470. The number of amides is 2. The van der Waals surface area contributed by atoms with Crippen LogP contribution in [0.4, 0.5) is 0 Å². The maximum Gasteiger partial charge on any atom is 0.243 e. The average molecular weight is 377 g/mol. The Labute approximate surface area is 166 Å². The molecule has 154 valence electrons. The van der Waals surface area contributed by atoms with Crippen molar-refractivity contribution in [2.75, 3.05) is 0 Å². The second-order valence-corrected chi connectivity index (χ2v) is 7.68. The number of allylic oxidation sites excluding steroid dienone is 2. The van der Waals surface area contributed by atoms with Crippen LogP contribution in [-0.2, 0) is 9.59 Å². The molecule has 1 rings (SSSR count). The summed E-state index contributed by atoms with van der Waals surface area (Å²) in [6.45, 7) is 4.42. The molecule has 0 aliphatic heterocycles. The van der Waals surface area contributed by atoms with Crippen LogP contribution in [0.5, 0.6) is 0 Å². The smallest absolute Gasteiger partial charge is 0.243 e. The van der Waals surface area contributed by atoms with Gasteiger partial charge in [0.15, 0.2) is 0 Å². The Morgan fingerprint density at radius 2 is 1.11 bits per heavy atom. The lowest BCUT2D eigenvalue weighted by Crippen LogP contribution is -2.33. The van der Waals surface area contributed by atoms with Crippen LogP contribution in [-0.4, -0.2) is 23.9 Å². The van der Waals surface area contributed by atoms with Crippen LogP contribution < -0.4 is 10.6 Å². The summed E-state index contributed by atoms with van der Waals surface area (Å²) >= 11 is 0. The molecule has 1 saturated carbocycles. The molecule has 4 nitrogen and oxygen atoms in total. The summed E-state index contributed by atoms with van der Waals surface area (Å²) in [6, 6.07) is 0.163. The molecular formula is C23H40N2O2. The maximum atomic E-state index is 11.9. The van der Waals surface area contributed by atoms with E-state index in [1.807, 2.05) is 12.2 Å². The molecule has 1 fully saturated rings. The van der Waals surface area contributed by atoms with Gasteiger partial charge in [0.05, 0.1) is 12.1 Å². The molecule has 0 heterocycles. The summed E-state index contributed by atoms with van der Waals surface area (Å²) in [5, 5.41) is 5.90. The summed E-state index contributed by atoms with van der Waals surface area (Å²) in [5.74, 6) is -0.0972. The normalized spacial score (nSPS) is 18.9. The molecule has 27 heavy (non-hydrogen) atoms. The first-order valence-electron chi connectivity index (χ1n) is 11.1. The molecule has 2 unspecified atom stereocenters. The van der Waals surface area contributed by atoms with Crippen LogP contribution in [0.1, 0.15) is 97.3 Å². The van der Waals surface area contributed by atoms with Crippen molar-refractivity contribution in [3.63, 3.8) is 0 Å². The van der Waals surface area contributed by atoms with Gasteiger partial charge in [0, 0.05) is 0 Å². The van der Waals surface area contributed by atoms with Crippen LogP contribution in [0.3, 0.4) is 0 Å². The first kappa shape index (κ1) is 23.5. The Morgan fingerprint density at radius 3 is 1.59 bits per heavy atom. The third-order valence-corrected chi connectivity index (χ3v) is 4.93. The number of carbonyl (C=O) groups excluding carboxylic acids is 2. The molecule has 1 aliphatic carbocycles. The highest BCUT2D eigenvalue weighted by molar-refractivity contribution is 5.89. The van der Waals surface area contributed by atoms with E-state index in [-0.39, 0.29) is 23.9 Å². The predicted octanol–water partition coefficient (Wildman–Crippen LogP) is 5.19. The molecule has 2 amide bonds. The molecule has 0 saturated heterocycles. The standard InChI is InChI=1S/C23H40N2O2/c1-3-5-7-9-11-12-14-16-18-23(27)25-21-19-20(21)24-22(26)17-15-13-10-8-6-4-2/h15-18,20-21H,3-14,19H2,1-2H3,(H,24,26)(H,25,27). The van der Waals surface area contributed by atoms with E-state index in [4.69, 9.17) is 0 Å².